The normalized spacial score (nSPS) is 19.2. The fraction of sp³-hybridized carbons (Fsp3) is 0.909. The number of ether oxygens (including phenoxy) is 1. The minimum Gasteiger partial charge on any atom is -0.454 e. The van der Waals surface area contributed by atoms with E-state index in [2.05, 4.69) is 4.74 Å². The van der Waals surface area contributed by atoms with Gasteiger partial charge in [0.05, 0.1) is 0 Å². The molecule has 1 aliphatic carbocycles. The summed E-state index contributed by atoms with van der Waals surface area (Å²) in [7, 11) is -5.81. The summed E-state index contributed by atoms with van der Waals surface area (Å²) in [5.74, 6) is -2.33. The monoisotopic (exact) mass is 300 g/mol. The molecule has 1 fully saturated rings. The van der Waals surface area contributed by atoms with E-state index in [0.717, 1.165) is 32.1 Å². The summed E-state index contributed by atoms with van der Waals surface area (Å²) in [4.78, 5) is 11.3. The average molecular weight is 300 g/mol. The van der Waals surface area contributed by atoms with Gasteiger partial charge in [0, 0.05) is 0 Å². The fourth-order valence-electron chi connectivity index (χ4n) is 2.28. The van der Waals surface area contributed by atoms with Crippen LogP contribution in [0.25, 0.3) is 0 Å². The highest BCUT2D eigenvalue weighted by Crippen LogP contribution is 2.36. The second-order valence-corrected chi connectivity index (χ2v) is 6.78. The van der Waals surface area contributed by atoms with Crippen LogP contribution in [0.1, 0.15) is 46.0 Å². The third-order valence-corrected chi connectivity index (χ3v) is 4.32. The molecule has 0 unspecified atom stereocenters. The molecule has 0 aromatic carbocycles. The van der Waals surface area contributed by atoms with Crippen molar-refractivity contribution in [2.24, 2.45) is 5.92 Å². The van der Waals surface area contributed by atoms with Crippen LogP contribution in [0.15, 0.2) is 0 Å². The van der Waals surface area contributed by atoms with Crippen LogP contribution in [-0.4, -0.2) is 29.8 Å². The maximum Gasteiger partial charge on any atom is 0.465 e. The van der Waals surface area contributed by atoms with Gasteiger partial charge in [-0.3, -0.25) is 4.55 Å². The van der Waals surface area contributed by atoms with Gasteiger partial charge in [-0.1, -0.05) is 19.3 Å². The van der Waals surface area contributed by atoms with Crippen molar-refractivity contribution in [3.8, 4) is 0 Å². The van der Waals surface area contributed by atoms with Gasteiger partial charge in [0.2, 0.25) is 0 Å². The van der Waals surface area contributed by atoms with E-state index in [1.54, 1.807) is 0 Å². The standard InChI is InChI=1S/C11H18F2O5S/c1-10(2,8-6-4-3-5-7-8)18-9(14)11(12,13)19(15,16)17/h8H,3-7H2,1-2H3,(H,15,16,17). The third kappa shape index (κ3) is 3.62. The van der Waals surface area contributed by atoms with Crippen LogP contribution in [-0.2, 0) is 19.6 Å². The van der Waals surface area contributed by atoms with Crippen LogP contribution in [0, 0.1) is 5.92 Å². The SMILES string of the molecule is CC(C)(OC(=O)C(F)(F)S(=O)(=O)O)C1CCCCC1. The number of carbonyl (C=O) groups excluding carboxylic acids is 1. The van der Waals surface area contributed by atoms with Crippen molar-refractivity contribution in [1.82, 2.24) is 0 Å². The molecule has 112 valence electrons. The van der Waals surface area contributed by atoms with Gasteiger partial charge in [0.25, 0.3) is 0 Å². The largest absolute Gasteiger partial charge is 0.465 e. The maximum atomic E-state index is 13.1. The predicted molar refractivity (Wildman–Crippen MR) is 63.2 cm³/mol. The summed E-state index contributed by atoms with van der Waals surface area (Å²) in [5.41, 5.74) is -1.19. The zero-order chi connectivity index (χ0) is 14.9. The van der Waals surface area contributed by atoms with Gasteiger partial charge in [-0.15, -0.1) is 0 Å². The molecule has 0 aromatic heterocycles. The molecule has 0 aliphatic heterocycles. The van der Waals surface area contributed by atoms with Crippen molar-refractivity contribution in [2.75, 3.05) is 0 Å². The van der Waals surface area contributed by atoms with Crippen molar-refractivity contribution in [3.05, 3.63) is 0 Å². The van der Waals surface area contributed by atoms with E-state index in [1.807, 2.05) is 0 Å². The van der Waals surface area contributed by atoms with Crippen LogP contribution in [0.5, 0.6) is 0 Å². The Balaban J connectivity index is 2.80. The van der Waals surface area contributed by atoms with Gasteiger partial charge in [-0.25, -0.2) is 4.79 Å². The smallest absolute Gasteiger partial charge is 0.454 e. The lowest BCUT2D eigenvalue weighted by Crippen LogP contribution is -2.46. The van der Waals surface area contributed by atoms with Crippen LogP contribution in [0.3, 0.4) is 0 Å². The highest BCUT2D eigenvalue weighted by Gasteiger charge is 2.56. The number of halogens is 2. The summed E-state index contributed by atoms with van der Waals surface area (Å²) in [5, 5.41) is -4.93. The molecule has 0 atom stereocenters. The first-order chi connectivity index (χ1) is 8.48. The van der Waals surface area contributed by atoms with Crippen molar-refractivity contribution in [3.63, 3.8) is 0 Å². The highest BCUT2D eigenvalue weighted by molar-refractivity contribution is 7.87. The maximum absolute atomic E-state index is 13.1. The number of esters is 1. The minimum absolute atomic E-state index is 0.0950. The van der Waals surface area contributed by atoms with Gasteiger partial charge in [-0.05, 0) is 32.6 Å². The molecule has 0 spiro atoms. The van der Waals surface area contributed by atoms with E-state index < -0.39 is 26.9 Å². The Kier molecular flexibility index (Phi) is 4.56. The fourth-order valence-corrected chi connectivity index (χ4v) is 2.54. The number of hydrogen-bond donors (Lipinski definition) is 1. The van der Waals surface area contributed by atoms with Crippen LogP contribution >= 0.6 is 0 Å². The summed E-state index contributed by atoms with van der Waals surface area (Å²) in [6.07, 6.45) is 4.35. The lowest BCUT2D eigenvalue weighted by Gasteiger charge is -2.36. The molecule has 0 radical (unpaired) electrons. The number of carbonyl (C=O) groups is 1. The Morgan fingerprint density at radius 2 is 1.68 bits per heavy atom. The third-order valence-electron chi connectivity index (χ3n) is 3.51. The molecule has 0 heterocycles. The van der Waals surface area contributed by atoms with E-state index in [0.29, 0.717) is 0 Å². The molecule has 0 saturated heterocycles. The molecule has 1 rings (SSSR count). The second kappa shape index (κ2) is 5.32. The van der Waals surface area contributed by atoms with Crippen molar-refractivity contribution in [1.29, 1.82) is 0 Å². The molecule has 1 N–H and O–H groups in total. The Morgan fingerprint density at radius 3 is 2.11 bits per heavy atom. The van der Waals surface area contributed by atoms with Gasteiger partial charge >= 0.3 is 21.3 Å². The predicted octanol–water partition coefficient (Wildman–Crippen LogP) is 2.37. The molecule has 0 aromatic rings. The summed E-state index contributed by atoms with van der Waals surface area (Å²) in [6.45, 7) is 2.95. The highest BCUT2D eigenvalue weighted by atomic mass is 32.2. The van der Waals surface area contributed by atoms with Crippen molar-refractivity contribution in [2.45, 2.75) is 56.8 Å². The Labute approximate surface area is 111 Å². The molecular weight excluding hydrogens is 282 g/mol. The first-order valence-electron chi connectivity index (χ1n) is 6.07. The Bertz CT molecular complexity index is 438. The molecule has 8 heteroatoms. The molecule has 0 bridgehead atoms. The zero-order valence-corrected chi connectivity index (χ0v) is 11.7. The van der Waals surface area contributed by atoms with Crippen molar-refractivity contribution < 1.29 is 31.3 Å². The molecule has 1 saturated carbocycles. The molecule has 0 amide bonds. The second-order valence-electron chi connectivity index (χ2n) is 5.32. The number of rotatable bonds is 4. The van der Waals surface area contributed by atoms with Gasteiger partial charge in [0.15, 0.2) is 0 Å². The van der Waals surface area contributed by atoms with Crippen molar-refractivity contribution >= 4 is 16.1 Å². The lowest BCUT2D eigenvalue weighted by atomic mass is 9.79. The van der Waals surface area contributed by atoms with E-state index in [4.69, 9.17) is 4.55 Å². The molecule has 5 nitrogen and oxygen atoms in total. The Hall–Kier alpha value is -0.760. The van der Waals surface area contributed by atoms with Gasteiger partial charge in [-0.2, -0.15) is 17.2 Å². The minimum atomic E-state index is -5.81. The Morgan fingerprint density at radius 1 is 1.21 bits per heavy atom. The summed E-state index contributed by atoms with van der Waals surface area (Å²) < 4.78 is 60.1. The zero-order valence-electron chi connectivity index (χ0n) is 10.9. The van der Waals surface area contributed by atoms with Crippen LogP contribution < -0.4 is 0 Å². The summed E-state index contributed by atoms with van der Waals surface area (Å²) >= 11 is 0. The van der Waals surface area contributed by atoms with E-state index in [1.165, 1.54) is 13.8 Å². The molecule has 19 heavy (non-hydrogen) atoms. The number of alkyl halides is 2. The van der Waals surface area contributed by atoms with E-state index in [9.17, 15) is 22.0 Å². The quantitative estimate of drug-likeness (QED) is 0.637. The number of hydrogen-bond acceptors (Lipinski definition) is 4. The average Bonchev–Trinajstić information content (AvgIpc) is 2.28. The van der Waals surface area contributed by atoms with E-state index in [-0.39, 0.29) is 5.92 Å². The first-order valence-corrected chi connectivity index (χ1v) is 7.51. The topological polar surface area (TPSA) is 80.7 Å². The van der Waals surface area contributed by atoms with Crippen LogP contribution in [0.2, 0.25) is 0 Å². The summed E-state index contributed by atoms with van der Waals surface area (Å²) in [6, 6.07) is 0. The lowest BCUT2D eigenvalue weighted by molar-refractivity contribution is -0.181. The molecular formula is C11H18F2O5S. The first kappa shape index (κ1) is 16.3. The van der Waals surface area contributed by atoms with Gasteiger partial charge < -0.3 is 4.74 Å². The van der Waals surface area contributed by atoms with E-state index >= 15 is 0 Å². The molecule has 1 aliphatic rings. The van der Waals surface area contributed by atoms with Crippen LogP contribution in [0.4, 0.5) is 8.78 Å². The van der Waals surface area contributed by atoms with Gasteiger partial charge in [0.1, 0.15) is 5.60 Å².